The quantitative estimate of drug-likeness (QED) is 0.384. The minimum atomic E-state index is -4.48. The molecule has 0 saturated heterocycles. The lowest BCUT2D eigenvalue weighted by Gasteiger charge is -2.00. The molecule has 0 aliphatic rings. The highest BCUT2D eigenvalue weighted by Gasteiger charge is 2.20. The first kappa shape index (κ1) is 10.9. The van der Waals surface area contributed by atoms with Gasteiger partial charge in [-0.3, -0.25) is 4.55 Å². The normalized spacial score (nSPS) is 12.7. The highest BCUT2D eigenvalue weighted by Crippen LogP contribution is 2.13. The summed E-state index contributed by atoms with van der Waals surface area (Å²) in [7, 11) is -4.48. The van der Waals surface area contributed by atoms with Crippen LogP contribution in [0.25, 0.3) is 0 Å². The molecule has 0 radical (unpaired) electrons. The van der Waals surface area contributed by atoms with E-state index in [1.165, 1.54) is 6.92 Å². The summed E-state index contributed by atoms with van der Waals surface area (Å²) in [5.41, 5.74) is -0.653. The predicted molar refractivity (Wildman–Crippen MR) is 42.1 cm³/mol. The first-order valence-electron chi connectivity index (χ1n) is 2.87. The number of carboxylic acids is 1. The molecule has 5 nitrogen and oxygen atoms in total. The lowest BCUT2D eigenvalue weighted by Crippen LogP contribution is -2.10. The Balaban J connectivity index is 5.14. The van der Waals surface area contributed by atoms with E-state index in [9.17, 15) is 13.2 Å². The van der Waals surface area contributed by atoms with Gasteiger partial charge in [0, 0.05) is 0 Å². The summed E-state index contributed by atoms with van der Waals surface area (Å²) >= 11 is 0. The van der Waals surface area contributed by atoms with Crippen molar-refractivity contribution < 1.29 is 22.9 Å². The lowest BCUT2D eigenvalue weighted by atomic mass is 10.3. The van der Waals surface area contributed by atoms with Crippen LogP contribution >= 0.6 is 0 Å². The van der Waals surface area contributed by atoms with Crippen LogP contribution in [-0.2, 0) is 14.9 Å². The van der Waals surface area contributed by atoms with Gasteiger partial charge < -0.3 is 5.11 Å². The fourth-order valence-corrected chi connectivity index (χ4v) is 1.28. The summed E-state index contributed by atoms with van der Waals surface area (Å²) in [6.45, 7) is 4.27. The first-order valence-corrected chi connectivity index (χ1v) is 4.31. The van der Waals surface area contributed by atoms with Gasteiger partial charge in [0.25, 0.3) is 10.1 Å². The molecule has 0 bridgehead atoms. The third kappa shape index (κ3) is 2.48. The van der Waals surface area contributed by atoms with Crippen molar-refractivity contribution in [3.8, 4) is 0 Å². The van der Waals surface area contributed by atoms with Crippen LogP contribution in [0.3, 0.4) is 0 Å². The molecule has 0 fully saturated rings. The Hall–Kier alpha value is -1.14. The zero-order valence-electron chi connectivity index (χ0n) is 6.31. The molecule has 0 aromatic heterocycles. The predicted octanol–water partition coefficient (Wildman–Crippen LogP) is 0.419. The van der Waals surface area contributed by atoms with Crippen molar-refractivity contribution in [2.45, 2.75) is 6.92 Å². The maximum atomic E-state index is 10.5. The molecule has 0 spiro atoms. The molecular weight excluding hydrogens is 184 g/mol. The van der Waals surface area contributed by atoms with E-state index in [2.05, 4.69) is 6.58 Å². The minimum Gasteiger partial charge on any atom is -0.478 e. The van der Waals surface area contributed by atoms with Crippen LogP contribution in [0.1, 0.15) is 6.92 Å². The van der Waals surface area contributed by atoms with Crippen molar-refractivity contribution in [3.05, 3.63) is 23.1 Å². The Labute approximate surface area is 69.8 Å². The number of hydrogen-bond donors (Lipinski definition) is 2. The monoisotopic (exact) mass is 192 g/mol. The average molecular weight is 192 g/mol. The molecule has 0 aliphatic heterocycles. The summed E-state index contributed by atoms with van der Waals surface area (Å²) in [5.74, 6) is -1.49. The Morgan fingerprint density at radius 2 is 1.92 bits per heavy atom. The molecule has 0 aromatic carbocycles. The van der Waals surface area contributed by atoms with Crippen molar-refractivity contribution in [1.82, 2.24) is 0 Å². The third-order valence-electron chi connectivity index (χ3n) is 1.10. The summed E-state index contributed by atoms with van der Waals surface area (Å²) in [5, 5.41) is 8.33. The second-order valence-corrected chi connectivity index (χ2v) is 3.30. The van der Waals surface area contributed by atoms with Gasteiger partial charge in [-0.15, -0.1) is 0 Å². The number of hydrogen-bond acceptors (Lipinski definition) is 3. The van der Waals surface area contributed by atoms with E-state index in [0.29, 0.717) is 0 Å². The highest BCUT2D eigenvalue weighted by atomic mass is 32.2. The van der Waals surface area contributed by atoms with Crippen LogP contribution in [0.5, 0.6) is 0 Å². The summed E-state index contributed by atoms with van der Waals surface area (Å²) in [6.07, 6.45) is 0.964. The van der Waals surface area contributed by atoms with Crippen LogP contribution in [0.4, 0.5) is 0 Å². The van der Waals surface area contributed by atoms with E-state index in [1.807, 2.05) is 0 Å². The molecule has 68 valence electrons. The summed E-state index contributed by atoms with van der Waals surface area (Å²) in [4.78, 5) is 9.55. The van der Waals surface area contributed by atoms with Gasteiger partial charge in [0.1, 0.15) is 4.91 Å². The van der Waals surface area contributed by atoms with Gasteiger partial charge in [0.15, 0.2) is 0 Å². The van der Waals surface area contributed by atoms with Crippen molar-refractivity contribution in [2.75, 3.05) is 0 Å². The zero-order valence-corrected chi connectivity index (χ0v) is 7.13. The van der Waals surface area contributed by atoms with Gasteiger partial charge in [-0.2, -0.15) is 8.42 Å². The van der Waals surface area contributed by atoms with Crippen molar-refractivity contribution in [3.63, 3.8) is 0 Å². The smallest absolute Gasteiger partial charge is 0.336 e. The number of allylic oxidation sites excluding steroid dienone is 1. The number of carboxylic acid groups (broad SMARTS) is 1. The van der Waals surface area contributed by atoms with Crippen LogP contribution in [0, 0.1) is 0 Å². The Morgan fingerprint density at radius 3 is 2.00 bits per heavy atom. The molecule has 12 heavy (non-hydrogen) atoms. The lowest BCUT2D eigenvalue weighted by molar-refractivity contribution is -0.132. The third-order valence-corrected chi connectivity index (χ3v) is 2.13. The largest absolute Gasteiger partial charge is 0.478 e. The fraction of sp³-hybridized carbons (Fsp3) is 0.167. The van der Waals surface area contributed by atoms with E-state index >= 15 is 0 Å². The van der Waals surface area contributed by atoms with E-state index < -0.39 is 26.6 Å². The van der Waals surface area contributed by atoms with Gasteiger partial charge in [-0.25, -0.2) is 4.79 Å². The van der Waals surface area contributed by atoms with Gasteiger partial charge >= 0.3 is 5.97 Å². The molecule has 0 aromatic rings. The number of rotatable bonds is 3. The minimum absolute atomic E-state index is 0.653. The van der Waals surface area contributed by atoms with E-state index in [1.54, 1.807) is 0 Å². The number of carbonyl (C=O) groups is 1. The van der Waals surface area contributed by atoms with E-state index in [4.69, 9.17) is 9.66 Å². The molecule has 0 saturated carbocycles. The second kappa shape index (κ2) is 3.51. The maximum Gasteiger partial charge on any atom is 0.336 e. The molecule has 0 aliphatic carbocycles. The number of aliphatic carboxylic acids is 1. The highest BCUT2D eigenvalue weighted by molar-refractivity contribution is 7.90. The Kier molecular flexibility index (Phi) is 3.17. The molecule has 0 atom stereocenters. The van der Waals surface area contributed by atoms with Crippen LogP contribution < -0.4 is 0 Å². The van der Waals surface area contributed by atoms with Crippen LogP contribution in [0.15, 0.2) is 23.1 Å². The summed E-state index contributed by atoms with van der Waals surface area (Å²) < 4.78 is 29.4. The van der Waals surface area contributed by atoms with Crippen molar-refractivity contribution >= 4 is 16.1 Å². The Morgan fingerprint density at radius 1 is 1.50 bits per heavy atom. The SMILES string of the molecule is C=C(C(=O)O)C(=CC)S(=O)(=O)O. The topological polar surface area (TPSA) is 91.7 Å². The molecule has 0 rings (SSSR count). The van der Waals surface area contributed by atoms with Gasteiger partial charge in [-0.05, 0) is 6.92 Å². The maximum absolute atomic E-state index is 10.5. The first-order chi connectivity index (χ1) is 5.30. The van der Waals surface area contributed by atoms with Gasteiger partial charge in [0.2, 0.25) is 0 Å². The second-order valence-electron chi connectivity index (χ2n) is 1.91. The van der Waals surface area contributed by atoms with Gasteiger partial charge in [-0.1, -0.05) is 12.7 Å². The van der Waals surface area contributed by atoms with E-state index in [0.717, 1.165) is 6.08 Å². The molecule has 2 N–H and O–H groups in total. The molecule has 0 amide bonds. The van der Waals surface area contributed by atoms with Gasteiger partial charge in [0.05, 0.1) is 5.57 Å². The molecule has 0 heterocycles. The Bertz CT molecular complexity index is 335. The molecular formula is C6H8O5S. The van der Waals surface area contributed by atoms with Crippen molar-refractivity contribution in [2.24, 2.45) is 0 Å². The molecule has 0 unspecified atom stereocenters. The zero-order chi connectivity index (χ0) is 9.94. The fourth-order valence-electron chi connectivity index (χ4n) is 0.584. The van der Waals surface area contributed by atoms with Crippen LogP contribution in [-0.4, -0.2) is 24.0 Å². The van der Waals surface area contributed by atoms with Crippen LogP contribution in [0.2, 0.25) is 0 Å². The summed E-state index contributed by atoms with van der Waals surface area (Å²) in [6, 6.07) is 0. The average Bonchev–Trinajstić information content (AvgIpc) is 1.85. The standard InChI is InChI=1S/C6H8O5S/c1-3-5(12(9,10)11)4(2)6(7)8/h3H,2H2,1H3,(H,7,8)(H,9,10,11). The molecule has 6 heteroatoms. The van der Waals surface area contributed by atoms with E-state index in [-0.39, 0.29) is 0 Å². The van der Waals surface area contributed by atoms with Crippen molar-refractivity contribution in [1.29, 1.82) is 0 Å².